The van der Waals surface area contributed by atoms with E-state index in [2.05, 4.69) is 5.32 Å². The second-order valence-electron chi connectivity index (χ2n) is 9.49. The van der Waals surface area contributed by atoms with Gasteiger partial charge in [0, 0.05) is 16.8 Å². The fourth-order valence-corrected chi connectivity index (χ4v) is 4.75. The van der Waals surface area contributed by atoms with Gasteiger partial charge in [-0.3, -0.25) is 10.2 Å². The number of carbonyl (C=O) groups is 1. The molecule has 1 heterocycles. The molecular weight excluding hydrogens is 547 g/mol. The molecule has 0 aromatic heterocycles. The summed E-state index contributed by atoms with van der Waals surface area (Å²) in [6, 6.07) is 26.7. The molecule has 0 radical (unpaired) electrons. The number of fused-ring (bicyclic) bond motifs is 1. The van der Waals surface area contributed by atoms with Crippen LogP contribution in [0.15, 0.2) is 84.9 Å². The van der Waals surface area contributed by atoms with E-state index in [1.807, 2.05) is 72.8 Å². The predicted octanol–water partition coefficient (Wildman–Crippen LogP) is 5.95. The minimum Gasteiger partial charge on any atom is -0.497 e. The average molecular weight is 582 g/mol. The zero-order valence-electron chi connectivity index (χ0n) is 22.3. The first-order chi connectivity index (χ1) is 18.5. The molecule has 5 rings (SSSR count). The van der Waals surface area contributed by atoms with Crippen molar-refractivity contribution in [1.82, 2.24) is 5.32 Å². The first-order valence-electron chi connectivity index (χ1n) is 12.8. The number of nitrogens with zero attached hydrogens (tertiary/aromatic N) is 1. The maximum Gasteiger partial charge on any atom is 0.258 e. The van der Waals surface area contributed by atoms with Crippen LogP contribution in [0.1, 0.15) is 34.3 Å². The molecule has 1 aliphatic rings. The first kappa shape index (κ1) is 30.8. The van der Waals surface area contributed by atoms with Crippen LogP contribution in [0.25, 0.3) is 10.8 Å². The Kier molecular flexibility index (Phi) is 10.8. The van der Waals surface area contributed by atoms with Crippen molar-refractivity contribution in [3.63, 3.8) is 0 Å². The van der Waals surface area contributed by atoms with Crippen molar-refractivity contribution in [2.24, 2.45) is 5.73 Å². The van der Waals surface area contributed by atoms with Crippen LogP contribution in [-0.2, 0) is 6.54 Å². The summed E-state index contributed by atoms with van der Waals surface area (Å²) in [5.74, 6) is 1.33. The molecule has 1 saturated heterocycles. The van der Waals surface area contributed by atoms with Gasteiger partial charge in [-0.25, -0.2) is 0 Å². The van der Waals surface area contributed by atoms with Crippen molar-refractivity contribution in [3.8, 4) is 11.5 Å². The van der Waals surface area contributed by atoms with E-state index in [1.54, 1.807) is 24.1 Å². The summed E-state index contributed by atoms with van der Waals surface area (Å²) < 4.78 is 11.5. The van der Waals surface area contributed by atoms with Gasteiger partial charge in [0.15, 0.2) is 0 Å². The Balaban J connectivity index is 0.00000220. The Labute approximate surface area is 247 Å². The van der Waals surface area contributed by atoms with E-state index >= 15 is 0 Å². The quantitative estimate of drug-likeness (QED) is 0.176. The number of carbonyl (C=O) groups excluding carboxylic acids is 1. The number of nitrogens with two attached hydrogens (primary N) is 1. The molecule has 40 heavy (non-hydrogen) atoms. The summed E-state index contributed by atoms with van der Waals surface area (Å²) in [6.07, 6.45) is 2.17. The molecular formula is C31H34Cl2N4O3. The number of amides is 1. The maximum atomic E-state index is 13.8. The monoisotopic (exact) mass is 580 g/mol. The van der Waals surface area contributed by atoms with Crippen molar-refractivity contribution >= 4 is 53.0 Å². The Morgan fingerprint density at radius 1 is 0.900 bits per heavy atom. The molecule has 7 nitrogen and oxygen atoms in total. The maximum absolute atomic E-state index is 13.8. The second-order valence-corrected chi connectivity index (χ2v) is 9.49. The molecule has 0 bridgehead atoms. The van der Waals surface area contributed by atoms with Crippen LogP contribution in [-0.4, -0.2) is 38.0 Å². The van der Waals surface area contributed by atoms with Crippen molar-refractivity contribution < 1.29 is 14.3 Å². The van der Waals surface area contributed by atoms with E-state index in [4.69, 9.17) is 20.6 Å². The number of anilines is 1. The topological polar surface area (TPSA) is 101 Å². The van der Waals surface area contributed by atoms with Crippen LogP contribution in [0.2, 0.25) is 0 Å². The van der Waals surface area contributed by atoms with Crippen LogP contribution in [0.5, 0.6) is 11.5 Å². The van der Waals surface area contributed by atoms with E-state index in [9.17, 15) is 4.79 Å². The third-order valence-electron chi connectivity index (χ3n) is 6.86. The number of nitrogens with one attached hydrogen (secondary N) is 2. The predicted molar refractivity (Wildman–Crippen MR) is 166 cm³/mol. The highest BCUT2D eigenvalue weighted by atomic mass is 35.5. The number of amidine groups is 1. The Bertz CT molecular complexity index is 1460. The van der Waals surface area contributed by atoms with E-state index < -0.39 is 0 Å². The van der Waals surface area contributed by atoms with E-state index in [-0.39, 0.29) is 42.7 Å². The molecule has 0 unspecified atom stereocenters. The summed E-state index contributed by atoms with van der Waals surface area (Å²) in [5, 5.41) is 13.1. The van der Waals surface area contributed by atoms with E-state index in [0.717, 1.165) is 53.7 Å². The summed E-state index contributed by atoms with van der Waals surface area (Å²) in [7, 11) is 1.59. The number of methoxy groups -OCH3 is 1. The standard InChI is InChI=1S/C31H32N4O3.2ClH/c1-37-29-4-2-3-24(19-29)31(36)35(26-9-11-27(12-10-26)38-28-13-15-34-16-14-28)20-21-5-6-22-7-8-23(30(32)33)18-25(22)17-21;;/h2-12,17-19,28,34H,13-16,20H2,1H3,(H3,32,33);2*1H. The van der Waals surface area contributed by atoms with Crippen LogP contribution >= 0.6 is 24.8 Å². The van der Waals surface area contributed by atoms with Gasteiger partial charge in [-0.2, -0.15) is 0 Å². The Morgan fingerprint density at radius 2 is 1.62 bits per heavy atom. The number of nitrogen functional groups attached to an aromatic ring is 1. The molecule has 4 N–H and O–H groups in total. The minimum atomic E-state index is -0.131. The summed E-state index contributed by atoms with van der Waals surface area (Å²) in [4.78, 5) is 15.6. The minimum absolute atomic E-state index is 0. The molecule has 0 aliphatic carbocycles. The van der Waals surface area contributed by atoms with Crippen LogP contribution in [0, 0.1) is 5.41 Å². The molecule has 0 spiro atoms. The van der Waals surface area contributed by atoms with Crippen molar-refractivity contribution in [2.75, 3.05) is 25.1 Å². The smallest absolute Gasteiger partial charge is 0.258 e. The lowest BCUT2D eigenvalue weighted by Gasteiger charge is -2.26. The number of benzene rings is 4. The molecule has 1 aliphatic heterocycles. The molecule has 0 saturated carbocycles. The molecule has 1 fully saturated rings. The Morgan fingerprint density at radius 3 is 2.33 bits per heavy atom. The Hall–Kier alpha value is -3.78. The molecule has 4 aromatic rings. The van der Waals surface area contributed by atoms with Crippen LogP contribution < -0.4 is 25.4 Å². The summed E-state index contributed by atoms with van der Waals surface area (Å²) in [5.41, 5.74) is 8.65. The normalized spacial score (nSPS) is 13.0. The van der Waals surface area contributed by atoms with Crippen LogP contribution in [0.3, 0.4) is 0 Å². The highest BCUT2D eigenvalue weighted by Gasteiger charge is 2.20. The fraction of sp³-hybridized carbons (Fsp3) is 0.226. The molecule has 210 valence electrons. The van der Waals surface area contributed by atoms with Gasteiger partial charge in [0.05, 0.1) is 13.7 Å². The number of hydrogen-bond donors (Lipinski definition) is 3. The van der Waals surface area contributed by atoms with Gasteiger partial charge in [0.1, 0.15) is 23.4 Å². The van der Waals surface area contributed by atoms with Gasteiger partial charge in [-0.05, 0) is 96.9 Å². The fourth-order valence-electron chi connectivity index (χ4n) is 4.75. The first-order valence-corrected chi connectivity index (χ1v) is 12.8. The van der Waals surface area contributed by atoms with Gasteiger partial charge in [0.25, 0.3) is 5.91 Å². The lowest BCUT2D eigenvalue weighted by atomic mass is 10.0. The summed E-state index contributed by atoms with van der Waals surface area (Å²) >= 11 is 0. The number of halogens is 2. The largest absolute Gasteiger partial charge is 0.497 e. The van der Waals surface area contributed by atoms with Crippen molar-refractivity contribution in [1.29, 1.82) is 5.41 Å². The lowest BCUT2D eigenvalue weighted by Crippen LogP contribution is -2.34. The van der Waals surface area contributed by atoms with Crippen LogP contribution in [0.4, 0.5) is 5.69 Å². The highest BCUT2D eigenvalue weighted by molar-refractivity contribution is 6.06. The van der Waals surface area contributed by atoms with E-state index in [0.29, 0.717) is 23.4 Å². The van der Waals surface area contributed by atoms with Gasteiger partial charge in [0.2, 0.25) is 0 Å². The van der Waals surface area contributed by atoms with E-state index in [1.165, 1.54) is 0 Å². The lowest BCUT2D eigenvalue weighted by molar-refractivity contribution is 0.0984. The van der Waals surface area contributed by atoms with Gasteiger partial charge in [-0.15, -0.1) is 24.8 Å². The van der Waals surface area contributed by atoms with Gasteiger partial charge in [-0.1, -0.05) is 30.3 Å². The zero-order valence-corrected chi connectivity index (χ0v) is 23.9. The number of piperidine rings is 1. The number of hydrogen-bond acceptors (Lipinski definition) is 5. The SMILES string of the molecule is COc1cccc(C(=O)N(Cc2ccc3ccc(C(=N)N)cc3c2)c2ccc(OC3CCNCC3)cc2)c1.Cl.Cl. The van der Waals surface area contributed by atoms with Gasteiger partial charge >= 0.3 is 0 Å². The number of rotatable bonds is 8. The summed E-state index contributed by atoms with van der Waals surface area (Å²) in [6.45, 7) is 2.29. The van der Waals surface area contributed by atoms with Gasteiger partial charge < -0.3 is 25.4 Å². The average Bonchev–Trinajstić information content (AvgIpc) is 2.96. The third kappa shape index (κ3) is 7.24. The molecule has 1 amide bonds. The van der Waals surface area contributed by atoms with Crippen molar-refractivity contribution in [2.45, 2.75) is 25.5 Å². The molecule has 9 heteroatoms. The second kappa shape index (κ2) is 14.0. The highest BCUT2D eigenvalue weighted by Crippen LogP contribution is 2.27. The molecule has 0 atom stereocenters. The van der Waals surface area contributed by atoms with Crippen molar-refractivity contribution in [3.05, 3.63) is 102 Å². The third-order valence-corrected chi connectivity index (χ3v) is 6.86. The number of ether oxygens (including phenoxy) is 2. The molecule has 4 aromatic carbocycles. The zero-order chi connectivity index (χ0) is 26.5.